The molecule has 5 nitrogen and oxygen atoms in total. The van der Waals surface area contributed by atoms with E-state index in [1.165, 1.54) is 12.1 Å². The Labute approximate surface area is 153 Å². The molecule has 2 aromatic rings. The molecule has 0 saturated carbocycles. The predicted molar refractivity (Wildman–Crippen MR) is 99.7 cm³/mol. The van der Waals surface area contributed by atoms with Gasteiger partial charge in [-0.1, -0.05) is 23.7 Å². The van der Waals surface area contributed by atoms with Crippen molar-refractivity contribution in [3.8, 4) is 0 Å². The Morgan fingerprint density at radius 3 is 2.24 bits per heavy atom. The van der Waals surface area contributed by atoms with Crippen molar-refractivity contribution < 1.29 is 13.2 Å². The molecule has 0 unspecified atom stereocenters. The molecule has 2 aromatic carbocycles. The maximum atomic E-state index is 12.5. The Morgan fingerprint density at radius 1 is 1.04 bits per heavy atom. The smallest absolute Gasteiger partial charge is 0.241 e. The van der Waals surface area contributed by atoms with Crippen LogP contribution < -0.4 is 9.62 Å². The largest absolute Gasteiger partial charge is 0.378 e. The van der Waals surface area contributed by atoms with Crippen molar-refractivity contribution in [1.82, 2.24) is 4.72 Å². The number of rotatable bonds is 5. The highest BCUT2D eigenvalue weighted by atomic mass is 35.5. The summed E-state index contributed by atoms with van der Waals surface area (Å²) in [7, 11) is -3.59. The number of ether oxygens (including phenoxy) is 1. The highest BCUT2D eigenvalue weighted by molar-refractivity contribution is 7.89. The van der Waals surface area contributed by atoms with E-state index in [1.54, 1.807) is 12.1 Å². The highest BCUT2D eigenvalue weighted by Gasteiger charge is 2.19. The van der Waals surface area contributed by atoms with Crippen LogP contribution in [0, 0.1) is 0 Å². The third-order valence-corrected chi connectivity index (χ3v) is 6.03. The number of sulfonamides is 1. The lowest BCUT2D eigenvalue weighted by Crippen LogP contribution is -2.36. The lowest BCUT2D eigenvalue weighted by atomic mass is 10.1. The molecule has 0 amide bonds. The lowest BCUT2D eigenvalue weighted by molar-refractivity contribution is 0.122. The molecule has 25 heavy (non-hydrogen) atoms. The van der Waals surface area contributed by atoms with Gasteiger partial charge in [-0.2, -0.15) is 0 Å². The first kappa shape index (κ1) is 18.2. The van der Waals surface area contributed by atoms with Gasteiger partial charge in [-0.05, 0) is 48.9 Å². The fraction of sp³-hybridized carbons (Fsp3) is 0.333. The topological polar surface area (TPSA) is 58.6 Å². The number of hydrogen-bond acceptors (Lipinski definition) is 4. The second-order valence-corrected chi connectivity index (χ2v) is 8.14. The molecule has 7 heteroatoms. The number of nitrogens with zero attached hydrogens (tertiary/aromatic N) is 1. The van der Waals surface area contributed by atoms with Crippen LogP contribution >= 0.6 is 11.6 Å². The van der Waals surface area contributed by atoms with Crippen LogP contribution in [-0.4, -0.2) is 34.7 Å². The van der Waals surface area contributed by atoms with Gasteiger partial charge in [-0.25, -0.2) is 13.1 Å². The van der Waals surface area contributed by atoms with Crippen molar-refractivity contribution in [2.75, 3.05) is 31.2 Å². The quantitative estimate of drug-likeness (QED) is 0.865. The van der Waals surface area contributed by atoms with Crippen molar-refractivity contribution in [1.29, 1.82) is 0 Å². The lowest BCUT2D eigenvalue weighted by Gasteiger charge is -2.29. The van der Waals surface area contributed by atoms with Gasteiger partial charge >= 0.3 is 0 Å². The highest BCUT2D eigenvalue weighted by Crippen LogP contribution is 2.22. The van der Waals surface area contributed by atoms with Crippen molar-refractivity contribution in [2.45, 2.75) is 17.9 Å². The molecule has 134 valence electrons. The van der Waals surface area contributed by atoms with Crippen LogP contribution in [-0.2, 0) is 14.8 Å². The van der Waals surface area contributed by atoms with Crippen molar-refractivity contribution in [2.24, 2.45) is 0 Å². The van der Waals surface area contributed by atoms with E-state index in [9.17, 15) is 8.42 Å². The average molecular weight is 381 g/mol. The van der Waals surface area contributed by atoms with Gasteiger partial charge in [-0.15, -0.1) is 0 Å². The molecule has 1 saturated heterocycles. The Bertz CT molecular complexity index is 801. The Morgan fingerprint density at radius 2 is 1.64 bits per heavy atom. The summed E-state index contributed by atoms with van der Waals surface area (Å²) in [6.45, 7) is 5.05. The summed E-state index contributed by atoms with van der Waals surface area (Å²) in [6, 6.07) is 13.8. The van der Waals surface area contributed by atoms with Gasteiger partial charge < -0.3 is 9.64 Å². The van der Waals surface area contributed by atoms with E-state index in [2.05, 4.69) is 9.62 Å². The molecule has 1 fully saturated rings. The SMILES string of the molecule is C[C@@H](NS(=O)(=O)c1ccc(Cl)cc1)c1ccc(N2CCOCC2)cc1. The maximum absolute atomic E-state index is 12.5. The number of anilines is 1. The van der Waals surface area contributed by atoms with Gasteiger partial charge in [0.2, 0.25) is 10.0 Å². The van der Waals surface area contributed by atoms with Crippen molar-refractivity contribution in [3.05, 3.63) is 59.1 Å². The monoisotopic (exact) mass is 380 g/mol. The minimum atomic E-state index is -3.59. The van der Waals surface area contributed by atoms with E-state index in [1.807, 2.05) is 31.2 Å². The second kappa shape index (κ2) is 7.74. The first-order valence-electron chi connectivity index (χ1n) is 8.16. The molecule has 1 N–H and O–H groups in total. The second-order valence-electron chi connectivity index (χ2n) is 5.99. The molecule has 0 aliphatic carbocycles. The zero-order chi connectivity index (χ0) is 17.9. The summed E-state index contributed by atoms with van der Waals surface area (Å²) in [5.74, 6) is 0. The zero-order valence-electron chi connectivity index (χ0n) is 14.0. The zero-order valence-corrected chi connectivity index (χ0v) is 15.6. The Balaban J connectivity index is 1.70. The third-order valence-electron chi connectivity index (χ3n) is 4.23. The van der Waals surface area contributed by atoms with Crippen molar-refractivity contribution in [3.63, 3.8) is 0 Å². The standard InChI is InChI=1S/C18H21ClN2O3S/c1-14(20-25(22,23)18-8-4-16(19)5-9-18)15-2-6-17(7-3-15)21-10-12-24-13-11-21/h2-9,14,20H,10-13H2,1H3/t14-/m1/s1. The van der Waals surface area contributed by atoms with E-state index in [-0.39, 0.29) is 10.9 Å². The van der Waals surface area contributed by atoms with E-state index in [4.69, 9.17) is 16.3 Å². The number of benzene rings is 2. The molecule has 0 bridgehead atoms. The van der Waals surface area contributed by atoms with Crippen LogP contribution in [0.15, 0.2) is 53.4 Å². The molecule has 0 spiro atoms. The number of halogens is 1. The van der Waals surface area contributed by atoms with Crippen LogP contribution in [0.25, 0.3) is 0 Å². The van der Waals surface area contributed by atoms with E-state index < -0.39 is 10.0 Å². The number of nitrogens with one attached hydrogen (secondary N) is 1. The summed E-state index contributed by atoms with van der Waals surface area (Å²) < 4.78 is 33.0. The minimum absolute atomic E-state index is 0.202. The van der Waals surface area contributed by atoms with Gasteiger partial charge in [0.1, 0.15) is 0 Å². The van der Waals surface area contributed by atoms with Gasteiger partial charge in [0.05, 0.1) is 18.1 Å². The molecule has 1 heterocycles. The molecule has 3 rings (SSSR count). The van der Waals surface area contributed by atoms with Crippen molar-refractivity contribution >= 4 is 27.3 Å². The molecule has 1 aliphatic rings. The fourth-order valence-electron chi connectivity index (χ4n) is 2.78. The molecular weight excluding hydrogens is 360 g/mol. The number of hydrogen-bond donors (Lipinski definition) is 1. The maximum Gasteiger partial charge on any atom is 0.241 e. The van der Waals surface area contributed by atoms with Crippen LogP contribution in [0.1, 0.15) is 18.5 Å². The summed E-state index contributed by atoms with van der Waals surface area (Å²) in [4.78, 5) is 2.46. The minimum Gasteiger partial charge on any atom is -0.378 e. The van der Waals surface area contributed by atoms with E-state index >= 15 is 0 Å². The normalized spacial score (nSPS) is 16.6. The third kappa shape index (κ3) is 4.52. The predicted octanol–water partition coefficient (Wildman–Crippen LogP) is 3.22. The average Bonchev–Trinajstić information content (AvgIpc) is 2.62. The first-order chi connectivity index (χ1) is 12.0. The van der Waals surface area contributed by atoms with E-state index in [0.29, 0.717) is 5.02 Å². The van der Waals surface area contributed by atoms with Gasteiger partial charge in [0, 0.05) is 29.8 Å². The summed E-state index contributed by atoms with van der Waals surface area (Å²) in [5.41, 5.74) is 2.04. The van der Waals surface area contributed by atoms with Crippen LogP contribution in [0.4, 0.5) is 5.69 Å². The van der Waals surface area contributed by atoms with Gasteiger partial charge in [0.15, 0.2) is 0 Å². The fourth-order valence-corrected chi connectivity index (χ4v) is 4.14. The molecule has 1 aliphatic heterocycles. The van der Waals surface area contributed by atoms with E-state index in [0.717, 1.165) is 37.6 Å². The van der Waals surface area contributed by atoms with Gasteiger partial charge in [-0.3, -0.25) is 0 Å². The first-order valence-corrected chi connectivity index (χ1v) is 10.0. The van der Waals surface area contributed by atoms with Crippen LogP contribution in [0.2, 0.25) is 5.02 Å². The summed E-state index contributed by atoms with van der Waals surface area (Å²) in [5, 5.41) is 0.505. The molecular formula is C18H21ClN2O3S. The summed E-state index contributed by atoms with van der Waals surface area (Å²) >= 11 is 5.82. The Kier molecular flexibility index (Phi) is 5.64. The van der Waals surface area contributed by atoms with Gasteiger partial charge in [0.25, 0.3) is 0 Å². The summed E-state index contributed by atoms with van der Waals surface area (Å²) in [6.07, 6.45) is 0. The number of morpholine rings is 1. The molecule has 0 aromatic heterocycles. The van der Waals surface area contributed by atoms with Crippen LogP contribution in [0.5, 0.6) is 0 Å². The Hall–Kier alpha value is -1.60. The van der Waals surface area contributed by atoms with Crippen LogP contribution in [0.3, 0.4) is 0 Å². The molecule has 0 radical (unpaired) electrons. The molecule has 1 atom stereocenters.